The second kappa shape index (κ2) is 13.6. The lowest BCUT2D eigenvalue weighted by atomic mass is 9.95. The number of esters is 1. The van der Waals surface area contributed by atoms with Crippen molar-refractivity contribution in [3.8, 4) is 17.2 Å². The second-order valence-electron chi connectivity index (χ2n) is 10.1. The molecule has 10 nitrogen and oxygen atoms in total. The van der Waals surface area contributed by atoms with Crippen molar-refractivity contribution < 1.29 is 38.4 Å². The smallest absolute Gasteiger partial charge is 0.350 e. The van der Waals surface area contributed by atoms with Gasteiger partial charge in [-0.25, -0.2) is 9.78 Å². The first-order chi connectivity index (χ1) is 20.6. The summed E-state index contributed by atoms with van der Waals surface area (Å²) in [6, 6.07) is 10.5. The van der Waals surface area contributed by atoms with E-state index in [2.05, 4.69) is 25.4 Å². The van der Waals surface area contributed by atoms with E-state index in [0.717, 1.165) is 17.8 Å². The van der Waals surface area contributed by atoms with Crippen LogP contribution in [-0.2, 0) is 14.3 Å². The number of carbonyl (C=O) groups is 3. The number of hydrogen-bond donors (Lipinski definition) is 1. The van der Waals surface area contributed by atoms with E-state index in [4.69, 9.17) is 18.9 Å². The van der Waals surface area contributed by atoms with Crippen LogP contribution in [0.2, 0.25) is 0 Å². The summed E-state index contributed by atoms with van der Waals surface area (Å²) in [6.07, 6.45) is 2.28. The number of ketones is 1. The van der Waals surface area contributed by atoms with E-state index < -0.39 is 23.7 Å². The summed E-state index contributed by atoms with van der Waals surface area (Å²) in [5, 5.41) is 11.6. The maximum atomic E-state index is 13.6. The molecule has 1 saturated heterocycles. The van der Waals surface area contributed by atoms with Crippen molar-refractivity contribution in [3.63, 3.8) is 0 Å². The SMILES string of the molecule is C=CCOC(=O)c1sc(N2C(=O)C(=O)/C(=C(/O)c3cccc(OC)c3)C2c2ccc(OCCC(C)C)c(OC)c2)nc1C. The number of methoxy groups -OCH3 is 2. The fourth-order valence-corrected chi connectivity index (χ4v) is 5.51. The van der Waals surface area contributed by atoms with Crippen LogP contribution in [0.3, 0.4) is 0 Å². The molecule has 1 aromatic heterocycles. The Hall–Kier alpha value is -4.64. The van der Waals surface area contributed by atoms with E-state index in [-0.39, 0.29) is 33.5 Å². The number of Topliss-reactive ketones (excluding diaryl/α,β-unsaturated/α-hetero) is 1. The summed E-state index contributed by atoms with van der Waals surface area (Å²) in [7, 11) is 2.98. The average molecular weight is 607 g/mol. The number of benzene rings is 2. The highest BCUT2D eigenvalue weighted by Crippen LogP contribution is 2.45. The van der Waals surface area contributed by atoms with Crippen LogP contribution in [0.4, 0.5) is 5.13 Å². The van der Waals surface area contributed by atoms with Gasteiger partial charge in [0.25, 0.3) is 5.78 Å². The van der Waals surface area contributed by atoms with Crippen molar-refractivity contribution in [2.45, 2.75) is 33.2 Å². The Bertz CT molecular complexity index is 1570. The van der Waals surface area contributed by atoms with Gasteiger partial charge >= 0.3 is 11.9 Å². The molecule has 1 unspecified atom stereocenters. The van der Waals surface area contributed by atoms with E-state index in [1.807, 2.05) is 0 Å². The minimum absolute atomic E-state index is 0.00193. The molecular formula is C32H34N2O8S. The van der Waals surface area contributed by atoms with Gasteiger partial charge in [-0.15, -0.1) is 0 Å². The highest BCUT2D eigenvalue weighted by molar-refractivity contribution is 7.17. The van der Waals surface area contributed by atoms with Crippen LogP contribution < -0.4 is 19.1 Å². The number of rotatable bonds is 12. The fourth-order valence-electron chi connectivity index (χ4n) is 4.52. The third kappa shape index (κ3) is 6.56. The lowest BCUT2D eigenvalue weighted by Gasteiger charge is -2.24. The van der Waals surface area contributed by atoms with Crippen LogP contribution in [0, 0.1) is 12.8 Å². The van der Waals surface area contributed by atoms with Crippen molar-refractivity contribution in [1.82, 2.24) is 4.98 Å². The third-order valence-electron chi connectivity index (χ3n) is 6.75. The molecule has 0 spiro atoms. The second-order valence-corrected chi connectivity index (χ2v) is 11.1. The van der Waals surface area contributed by atoms with Crippen LogP contribution in [0.5, 0.6) is 17.2 Å². The standard InChI is InChI=1S/C32H34N2O8S/c1-7-14-42-31(38)29-19(4)33-32(43-29)34-26(20-11-12-23(24(17-20)40-6)41-15-13-18(2)3)25(28(36)30(34)37)27(35)21-9-8-10-22(16-21)39-5/h7-12,16-18,26,35H,1,13-15H2,2-6H3/b27-25+. The van der Waals surface area contributed by atoms with Gasteiger partial charge in [0.2, 0.25) is 0 Å². The molecule has 0 radical (unpaired) electrons. The number of aromatic nitrogens is 1. The largest absolute Gasteiger partial charge is 0.507 e. The number of hydrogen-bond acceptors (Lipinski definition) is 10. The van der Waals surface area contributed by atoms with E-state index in [1.165, 1.54) is 25.2 Å². The highest BCUT2D eigenvalue weighted by atomic mass is 32.1. The fraction of sp³-hybridized carbons (Fsp3) is 0.312. The predicted molar refractivity (Wildman–Crippen MR) is 163 cm³/mol. The zero-order valence-corrected chi connectivity index (χ0v) is 25.5. The maximum Gasteiger partial charge on any atom is 0.350 e. The molecule has 0 saturated carbocycles. The van der Waals surface area contributed by atoms with E-state index in [1.54, 1.807) is 49.4 Å². The van der Waals surface area contributed by atoms with Gasteiger partial charge in [-0.05, 0) is 49.1 Å². The zero-order chi connectivity index (χ0) is 31.3. The summed E-state index contributed by atoms with van der Waals surface area (Å²) in [5.74, 6) is -1.06. The molecule has 1 fully saturated rings. The average Bonchev–Trinajstić information content (AvgIpc) is 3.51. The lowest BCUT2D eigenvalue weighted by Crippen LogP contribution is -2.29. The molecule has 1 N–H and O–H groups in total. The number of carbonyl (C=O) groups excluding carboxylic acids is 3. The van der Waals surface area contributed by atoms with Gasteiger partial charge in [0.1, 0.15) is 23.0 Å². The van der Waals surface area contributed by atoms with Crippen LogP contribution >= 0.6 is 11.3 Å². The van der Waals surface area contributed by atoms with Crippen molar-refractivity contribution in [1.29, 1.82) is 0 Å². The topological polar surface area (TPSA) is 124 Å². The molecule has 0 aliphatic carbocycles. The molecule has 1 aliphatic heterocycles. The number of anilines is 1. The maximum absolute atomic E-state index is 13.6. The molecule has 1 atom stereocenters. The Morgan fingerprint density at radius 2 is 1.91 bits per heavy atom. The number of aryl methyl sites for hydroxylation is 1. The normalized spacial score (nSPS) is 16.0. The van der Waals surface area contributed by atoms with Gasteiger partial charge in [-0.2, -0.15) is 0 Å². The molecule has 11 heteroatoms. The van der Waals surface area contributed by atoms with Crippen LogP contribution in [0.25, 0.3) is 5.76 Å². The Balaban J connectivity index is 1.88. The molecule has 1 aliphatic rings. The highest BCUT2D eigenvalue weighted by Gasteiger charge is 2.48. The molecule has 0 bridgehead atoms. The molecule has 4 rings (SSSR count). The van der Waals surface area contributed by atoms with Gasteiger partial charge in [-0.3, -0.25) is 14.5 Å². The molecule has 226 valence electrons. The molecule has 43 heavy (non-hydrogen) atoms. The first-order valence-electron chi connectivity index (χ1n) is 13.6. The van der Waals surface area contributed by atoms with Gasteiger partial charge in [0.05, 0.1) is 38.1 Å². The number of aliphatic hydroxyl groups excluding tert-OH is 1. The molecule has 1 amide bonds. The Morgan fingerprint density at radius 1 is 1.14 bits per heavy atom. The Labute approximate surface area is 254 Å². The van der Waals surface area contributed by atoms with Crippen LogP contribution in [-0.4, -0.2) is 55.2 Å². The molecule has 2 aromatic carbocycles. The lowest BCUT2D eigenvalue weighted by molar-refractivity contribution is -0.132. The third-order valence-corrected chi connectivity index (χ3v) is 7.89. The quantitative estimate of drug-likeness (QED) is 0.0887. The van der Waals surface area contributed by atoms with Crippen molar-refractivity contribution in [2.24, 2.45) is 5.92 Å². The summed E-state index contributed by atoms with van der Waals surface area (Å²) in [4.78, 5) is 45.7. The van der Waals surface area contributed by atoms with E-state index in [0.29, 0.717) is 41.0 Å². The van der Waals surface area contributed by atoms with Crippen LogP contribution in [0.15, 0.2) is 60.7 Å². The summed E-state index contributed by atoms with van der Waals surface area (Å²) >= 11 is 0.915. The van der Waals surface area contributed by atoms with Gasteiger partial charge < -0.3 is 24.1 Å². The number of ether oxygens (including phenoxy) is 4. The van der Waals surface area contributed by atoms with Gasteiger partial charge in [0, 0.05) is 5.56 Å². The van der Waals surface area contributed by atoms with Crippen molar-refractivity contribution >= 4 is 39.9 Å². The minimum atomic E-state index is -1.10. The number of amides is 1. The van der Waals surface area contributed by atoms with Gasteiger partial charge in [-0.1, -0.05) is 56.0 Å². The molecule has 2 heterocycles. The summed E-state index contributed by atoms with van der Waals surface area (Å²) in [5.41, 5.74) is 0.915. The number of nitrogens with zero attached hydrogens (tertiary/aromatic N) is 2. The number of aliphatic hydroxyl groups is 1. The Kier molecular flexibility index (Phi) is 9.87. The van der Waals surface area contributed by atoms with E-state index in [9.17, 15) is 19.5 Å². The summed E-state index contributed by atoms with van der Waals surface area (Å²) < 4.78 is 22.0. The summed E-state index contributed by atoms with van der Waals surface area (Å²) in [6.45, 7) is 9.83. The monoisotopic (exact) mass is 606 g/mol. The first-order valence-corrected chi connectivity index (χ1v) is 14.4. The predicted octanol–water partition coefficient (Wildman–Crippen LogP) is 5.86. The zero-order valence-electron chi connectivity index (χ0n) is 24.7. The van der Waals surface area contributed by atoms with Crippen LogP contribution in [0.1, 0.15) is 52.8 Å². The van der Waals surface area contributed by atoms with Crippen molar-refractivity contribution in [3.05, 3.63) is 82.4 Å². The number of thiazole rings is 1. The van der Waals surface area contributed by atoms with Gasteiger partial charge in [0.15, 0.2) is 16.6 Å². The molecular weight excluding hydrogens is 572 g/mol. The first kappa shape index (κ1) is 31.3. The molecule has 3 aromatic rings. The Morgan fingerprint density at radius 3 is 2.58 bits per heavy atom. The van der Waals surface area contributed by atoms with E-state index >= 15 is 0 Å². The van der Waals surface area contributed by atoms with Crippen molar-refractivity contribution in [2.75, 3.05) is 32.3 Å². The minimum Gasteiger partial charge on any atom is -0.507 e.